The van der Waals surface area contributed by atoms with E-state index < -0.39 is 0 Å². The van der Waals surface area contributed by atoms with Crippen LogP contribution in [0.25, 0.3) is 0 Å². The Morgan fingerprint density at radius 2 is 1.86 bits per heavy atom. The second-order valence-corrected chi connectivity index (χ2v) is 5.26. The topological polar surface area (TPSA) is 76.1 Å². The van der Waals surface area contributed by atoms with E-state index in [1.54, 1.807) is 43.5 Å². The maximum absolute atomic E-state index is 12.1. The van der Waals surface area contributed by atoms with Gasteiger partial charge in [0.05, 0.1) is 7.11 Å². The Hall–Kier alpha value is -2.63. The number of nitrogens with one attached hydrogen (secondary N) is 2. The molecule has 2 N–H and O–H groups in total. The van der Waals surface area contributed by atoms with Gasteiger partial charge in [0.15, 0.2) is 5.69 Å². The van der Waals surface area contributed by atoms with Crippen LogP contribution in [0, 0.1) is 5.92 Å². The lowest BCUT2D eigenvalue weighted by molar-refractivity contribution is 0.102. The number of carbonyl (C=O) groups is 1. The molecule has 0 bridgehead atoms. The van der Waals surface area contributed by atoms with Gasteiger partial charge >= 0.3 is 0 Å². The number of carbonyl (C=O) groups excluding carboxylic acids is 1. The lowest BCUT2D eigenvalue weighted by Gasteiger charge is -2.08. The van der Waals surface area contributed by atoms with Crippen molar-refractivity contribution in [3.05, 3.63) is 42.1 Å². The maximum atomic E-state index is 12.1. The Morgan fingerprint density at radius 3 is 2.41 bits per heavy atom. The van der Waals surface area contributed by atoms with Gasteiger partial charge in [0.2, 0.25) is 0 Å². The van der Waals surface area contributed by atoms with Crippen LogP contribution in [0.5, 0.6) is 5.75 Å². The normalized spacial score (nSPS) is 10.4. The molecule has 0 saturated heterocycles. The molecule has 0 aliphatic heterocycles. The molecule has 1 heterocycles. The Morgan fingerprint density at radius 1 is 1.14 bits per heavy atom. The van der Waals surface area contributed by atoms with Gasteiger partial charge in [-0.15, -0.1) is 10.2 Å². The van der Waals surface area contributed by atoms with Gasteiger partial charge in [-0.25, -0.2) is 0 Å². The highest BCUT2D eigenvalue weighted by Crippen LogP contribution is 2.15. The lowest BCUT2D eigenvalue weighted by atomic mass is 10.2. The molecule has 0 fully saturated rings. The van der Waals surface area contributed by atoms with Crippen molar-refractivity contribution in [2.24, 2.45) is 5.92 Å². The molecule has 0 aliphatic carbocycles. The van der Waals surface area contributed by atoms with Gasteiger partial charge < -0.3 is 15.4 Å². The number of ether oxygens (including phenoxy) is 1. The Labute approximate surface area is 129 Å². The lowest BCUT2D eigenvalue weighted by Crippen LogP contribution is -2.15. The summed E-state index contributed by atoms with van der Waals surface area (Å²) in [6.07, 6.45) is 0. The first-order chi connectivity index (χ1) is 10.6. The highest BCUT2D eigenvalue weighted by molar-refractivity contribution is 6.02. The fourth-order valence-electron chi connectivity index (χ4n) is 1.73. The summed E-state index contributed by atoms with van der Waals surface area (Å²) < 4.78 is 5.07. The van der Waals surface area contributed by atoms with Crippen LogP contribution in [0.3, 0.4) is 0 Å². The molecule has 1 aromatic carbocycles. The van der Waals surface area contributed by atoms with Gasteiger partial charge in [0.25, 0.3) is 5.91 Å². The van der Waals surface area contributed by atoms with Crippen LogP contribution >= 0.6 is 0 Å². The number of benzene rings is 1. The van der Waals surface area contributed by atoms with Crippen molar-refractivity contribution in [1.82, 2.24) is 10.2 Å². The molecule has 6 nitrogen and oxygen atoms in total. The van der Waals surface area contributed by atoms with Gasteiger partial charge in [-0.1, -0.05) is 13.8 Å². The van der Waals surface area contributed by atoms with Crippen molar-refractivity contribution in [1.29, 1.82) is 0 Å². The predicted molar refractivity (Wildman–Crippen MR) is 86.3 cm³/mol. The van der Waals surface area contributed by atoms with Crippen LogP contribution in [0.1, 0.15) is 24.3 Å². The van der Waals surface area contributed by atoms with Crippen molar-refractivity contribution in [3.63, 3.8) is 0 Å². The first-order valence-electron chi connectivity index (χ1n) is 7.11. The molecule has 2 aromatic rings. The number of nitrogens with zero attached hydrogens (tertiary/aromatic N) is 2. The van der Waals surface area contributed by atoms with Gasteiger partial charge in [0, 0.05) is 12.2 Å². The summed E-state index contributed by atoms with van der Waals surface area (Å²) in [5.41, 5.74) is 0.945. The molecule has 0 saturated carbocycles. The van der Waals surface area contributed by atoms with E-state index in [-0.39, 0.29) is 11.6 Å². The van der Waals surface area contributed by atoms with E-state index in [2.05, 4.69) is 34.7 Å². The van der Waals surface area contributed by atoms with E-state index in [1.165, 1.54) is 0 Å². The Balaban J connectivity index is 1.96. The standard InChI is InChI=1S/C16H20N4O2/c1-11(2)10-17-15-9-8-14(19-20-15)16(21)18-12-4-6-13(22-3)7-5-12/h4-9,11H,10H2,1-3H3,(H,17,20)(H,18,21). The van der Waals surface area contributed by atoms with E-state index in [0.29, 0.717) is 17.4 Å². The van der Waals surface area contributed by atoms with Gasteiger partial charge in [-0.05, 0) is 42.3 Å². The molecular weight excluding hydrogens is 280 g/mol. The highest BCUT2D eigenvalue weighted by Gasteiger charge is 2.09. The summed E-state index contributed by atoms with van der Waals surface area (Å²) in [7, 11) is 1.60. The monoisotopic (exact) mass is 300 g/mol. The van der Waals surface area contributed by atoms with Crippen LogP contribution < -0.4 is 15.4 Å². The number of amides is 1. The summed E-state index contributed by atoms with van der Waals surface area (Å²) in [4.78, 5) is 12.1. The highest BCUT2D eigenvalue weighted by atomic mass is 16.5. The number of anilines is 2. The zero-order valence-electron chi connectivity index (χ0n) is 13.0. The third kappa shape index (κ3) is 4.44. The molecule has 0 unspecified atom stereocenters. The minimum Gasteiger partial charge on any atom is -0.497 e. The van der Waals surface area contributed by atoms with Crippen LogP contribution in [0.2, 0.25) is 0 Å². The molecule has 22 heavy (non-hydrogen) atoms. The zero-order chi connectivity index (χ0) is 15.9. The summed E-state index contributed by atoms with van der Waals surface area (Å²) in [5.74, 6) is 1.61. The molecule has 116 valence electrons. The second kappa shape index (κ2) is 7.40. The molecule has 6 heteroatoms. The van der Waals surface area contributed by atoms with E-state index >= 15 is 0 Å². The summed E-state index contributed by atoms with van der Waals surface area (Å²) in [6, 6.07) is 10.5. The van der Waals surface area contributed by atoms with Gasteiger partial charge in [-0.3, -0.25) is 4.79 Å². The molecule has 1 aromatic heterocycles. The molecule has 0 atom stereocenters. The summed E-state index contributed by atoms with van der Waals surface area (Å²) in [6.45, 7) is 5.03. The molecule has 0 aliphatic rings. The minimum absolute atomic E-state index is 0.269. The first kappa shape index (κ1) is 15.8. The number of hydrogen-bond donors (Lipinski definition) is 2. The van der Waals surface area contributed by atoms with Crippen LogP contribution in [-0.4, -0.2) is 29.8 Å². The van der Waals surface area contributed by atoms with Crippen LogP contribution in [0.15, 0.2) is 36.4 Å². The van der Waals surface area contributed by atoms with Gasteiger partial charge in [0.1, 0.15) is 11.6 Å². The van der Waals surface area contributed by atoms with E-state index in [9.17, 15) is 4.79 Å². The summed E-state index contributed by atoms with van der Waals surface area (Å²) >= 11 is 0. The Kier molecular flexibility index (Phi) is 5.30. The third-order valence-electron chi connectivity index (χ3n) is 2.94. The molecule has 0 spiro atoms. The largest absolute Gasteiger partial charge is 0.497 e. The number of methoxy groups -OCH3 is 1. The fourth-order valence-corrected chi connectivity index (χ4v) is 1.73. The van der Waals surface area contributed by atoms with Crippen LogP contribution in [0.4, 0.5) is 11.5 Å². The van der Waals surface area contributed by atoms with Crippen molar-refractivity contribution >= 4 is 17.4 Å². The van der Waals surface area contributed by atoms with E-state index in [0.717, 1.165) is 12.3 Å². The molecule has 1 amide bonds. The molecule has 0 radical (unpaired) electrons. The van der Waals surface area contributed by atoms with E-state index in [1.807, 2.05) is 0 Å². The first-order valence-corrected chi connectivity index (χ1v) is 7.11. The SMILES string of the molecule is COc1ccc(NC(=O)c2ccc(NCC(C)C)nn2)cc1. The summed E-state index contributed by atoms with van der Waals surface area (Å²) in [5, 5.41) is 13.9. The third-order valence-corrected chi connectivity index (χ3v) is 2.94. The van der Waals surface area contributed by atoms with Crippen LogP contribution in [-0.2, 0) is 0 Å². The molecule has 2 rings (SSSR count). The van der Waals surface area contributed by atoms with Crippen molar-refractivity contribution < 1.29 is 9.53 Å². The maximum Gasteiger partial charge on any atom is 0.276 e. The molecular formula is C16H20N4O2. The van der Waals surface area contributed by atoms with Gasteiger partial charge in [-0.2, -0.15) is 0 Å². The quantitative estimate of drug-likeness (QED) is 0.858. The van der Waals surface area contributed by atoms with Crippen molar-refractivity contribution in [2.45, 2.75) is 13.8 Å². The number of aromatic nitrogens is 2. The predicted octanol–water partition coefficient (Wildman–Crippen LogP) is 2.81. The zero-order valence-corrected chi connectivity index (χ0v) is 13.0. The fraction of sp³-hybridized carbons (Fsp3) is 0.312. The number of rotatable bonds is 6. The smallest absolute Gasteiger partial charge is 0.276 e. The second-order valence-electron chi connectivity index (χ2n) is 5.26. The number of hydrogen-bond acceptors (Lipinski definition) is 5. The van der Waals surface area contributed by atoms with Crippen molar-refractivity contribution in [2.75, 3.05) is 24.3 Å². The minimum atomic E-state index is -0.298. The average molecular weight is 300 g/mol. The van der Waals surface area contributed by atoms with Crippen molar-refractivity contribution in [3.8, 4) is 5.75 Å². The average Bonchev–Trinajstić information content (AvgIpc) is 2.54. The Bertz CT molecular complexity index is 609. The van der Waals surface area contributed by atoms with E-state index in [4.69, 9.17) is 4.74 Å².